The highest BCUT2D eigenvalue weighted by molar-refractivity contribution is 7.46. The maximum absolute atomic E-state index is 12.6. The average molecular weight is 519 g/mol. The van der Waals surface area contributed by atoms with E-state index >= 15 is 0 Å². The molecule has 34 heavy (non-hydrogen) atoms. The van der Waals surface area contributed by atoms with Crippen LogP contribution < -0.4 is 9.80 Å². The van der Waals surface area contributed by atoms with Gasteiger partial charge in [-0.25, -0.2) is 24.6 Å². The monoisotopic (exact) mass is 518 g/mol. The number of halogens is 4. The quantitative estimate of drug-likeness (QED) is 0.299. The Morgan fingerprint density at radius 2 is 1.79 bits per heavy atom. The fraction of sp³-hybridized carbons (Fsp3) is 0.250. The van der Waals surface area contributed by atoms with E-state index in [9.17, 15) is 27.5 Å². The summed E-state index contributed by atoms with van der Waals surface area (Å²) in [5, 5.41) is 1.03. The number of aromatic nitrogens is 3. The fourth-order valence-corrected chi connectivity index (χ4v) is 3.55. The number of anilines is 1. The van der Waals surface area contributed by atoms with Crippen molar-refractivity contribution in [2.75, 3.05) is 11.6 Å². The van der Waals surface area contributed by atoms with E-state index in [0.717, 1.165) is 22.8 Å². The molecule has 1 aromatic carbocycles. The molecule has 0 bridgehead atoms. The van der Waals surface area contributed by atoms with Gasteiger partial charge in [0.25, 0.3) is 0 Å². The number of rotatable bonds is 9. The van der Waals surface area contributed by atoms with Gasteiger partial charge in [0.15, 0.2) is 5.82 Å². The topological polar surface area (TPSA) is 118 Å². The zero-order valence-corrected chi connectivity index (χ0v) is 19.3. The van der Waals surface area contributed by atoms with Crippen molar-refractivity contribution in [2.24, 2.45) is 0 Å². The Labute approximate surface area is 197 Å². The molecule has 0 saturated carbocycles. The lowest BCUT2D eigenvalue weighted by Crippen LogP contribution is -2.26. The number of hydrogen-bond acceptors (Lipinski definition) is 7. The summed E-state index contributed by atoms with van der Waals surface area (Å²) >= 11 is 6.26. The van der Waals surface area contributed by atoms with Gasteiger partial charge in [0.1, 0.15) is 17.1 Å². The van der Waals surface area contributed by atoms with Crippen molar-refractivity contribution in [3.8, 4) is 11.6 Å². The Kier molecular flexibility index (Phi) is 8.11. The summed E-state index contributed by atoms with van der Waals surface area (Å²) in [7, 11) is -4.90. The lowest BCUT2D eigenvalue weighted by Gasteiger charge is -2.24. The number of aryl methyl sites for hydroxylation is 1. The van der Waals surface area contributed by atoms with E-state index < -0.39 is 19.6 Å². The molecule has 0 spiro atoms. The Hall–Kier alpha value is -2.76. The number of alkyl halides is 3. The number of benzene rings is 1. The maximum Gasteiger partial charge on any atom is 0.491 e. The molecule has 0 amide bonds. The van der Waals surface area contributed by atoms with Crippen LogP contribution >= 0.6 is 19.4 Å². The van der Waals surface area contributed by atoms with Gasteiger partial charge in [0, 0.05) is 12.3 Å². The van der Waals surface area contributed by atoms with Gasteiger partial charge in [0.05, 0.1) is 17.8 Å². The molecule has 0 radical (unpaired) electrons. The van der Waals surface area contributed by atoms with Crippen LogP contribution in [0.25, 0.3) is 0 Å². The van der Waals surface area contributed by atoms with Crippen LogP contribution in [-0.4, -0.2) is 31.3 Å². The minimum atomic E-state index is -4.90. The van der Waals surface area contributed by atoms with Crippen LogP contribution in [0.2, 0.25) is 5.02 Å². The predicted molar refractivity (Wildman–Crippen MR) is 116 cm³/mol. The predicted octanol–water partition coefficient (Wildman–Crippen LogP) is 4.97. The van der Waals surface area contributed by atoms with Gasteiger partial charge in [-0.1, -0.05) is 30.7 Å². The van der Waals surface area contributed by atoms with Gasteiger partial charge >= 0.3 is 14.0 Å². The first-order chi connectivity index (χ1) is 16.0. The number of pyridine rings is 1. The summed E-state index contributed by atoms with van der Waals surface area (Å²) in [6.07, 6.45) is -1.83. The summed E-state index contributed by atoms with van der Waals surface area (Å²) in [5.41, 5.74) is 0.351. The van der Waals surface area contributed by atoms with E-state index in [4.69, 9.17) is 21.0 Å². The molecular formula is C20H19ClF3N4O5P. The first kappa shape index (κ1) is 25.9. The van der Waals surface area contributed by atoms with Crippen LogP contribution in [0, 0.1) is 0 Å². The maximum atomic E-state index is 12.6. The Morgan fingerprint density at radius 3 is 2.35 bits per heavy atom. The van der Waals surface area contributed by atoms with E-state index in [0.29, 0.717) is 24.1 Å². The smallest absolute Gasteiger partial charge is 0.439 e. The highest BCUT2D eigenvalue weighted by Crippen LogP contribution is 2.40. The normalized spacial score (nSPS) is 12.0. The zero-order chi connectivity index (χ0) is 24.9. The molecule has 0 aliphatic carbocycles. The third-order valence-electron chi connectivity index (χ3n) is 4.43. The van der Waals surface area contributed by atoms with E-state index in [2.05, 4.69) is 15.0 Å². The van der Waals surface area contributed by atoms with Crippen molar-refractivity contribution in [2.45, 2.75) is 25.9 Å². The van der Waals surface area contributed by atoms with Crippen molar-refractivity contribution in [1.82, 2.24) is 15.0 Å². The highest BCUT2D eigenvalue weighted by Gasteiger charge is 2.30. The number of nitrogens with zero attached hydrogens (tertiary/aromatic N) is 4. The Balaban J connectivity index is 1.69. The van der Waals surface area contributed by atoms with Crippen LogP contribution in [-0.2, 0) is 28.2 Å². The largest absolute Gasteiger partial charge is 0.491 e. The minimum absolute atomic E-state index is 0.00731. The Bertz CT molecular complexity index is 1160. The summed E-state index contributed by atoms with van der Waals surface area (Å²) < 4.78 is 59.6. The molecule has 182 valence electrons. The summed E-state index contributed by atoms with van der Waals surface area (Å²) in [6, 6.07) is 8.49. The molecule has 2 heterocycles. The van der Waals surface area contributed by atoms with Crippen molar-refractivity contribution >= 4 is 25.2 Å². The number of hydroxylamine groups is 1. The third kappa shape index (κ3) is 7.12. The fourth-order valence-electron chi connectivity index (χ4n) is 2.81. The second-order valence-corrected chi connectivity index (χ2v) is 8.39. The summed E-state index contributed by atoms with van der Waals surface area (Å²) in [4.78, 5) is 30.2. The second kappa shape index (κ2) is 10.7. The van der Waals surface area contributed by atoms with E-state index in [1.165, 1.54) is 6.33 Å². The van der Waals surface area contributed by atoms with Crippen molar-refractivity contribution in [1.29, 1.82) is 0 Å². The third-order valence-corrected chi connectivity index (χ3v) is 5.23. The molecule has 2 aromatic heterocycles. The molecule has 0 aliphatic heterocycles. The summed E-state index contributed by atoms with van der Waals surface area (Å²) in [5.74, 6) is 0.350. The van der Waals surface area contributed by atoms with Crippen LogP contribution in [0.4, 0.5) is 19.0 Å². The molecule has 0 saturated heterocycles. The van der Waals surface area contributed by atoms with Crippen LogP contribution in [0.5, 0.6) is 11.6 Å². The van der Waals surface area contributed by atoms with Gasteiger partial charge in [-0.3, -0.25) is 0 Å². The van der Waals surface area contributed by atoms with Crippen molar-refractivity contribution < 1.29 is 36.9 Å². The highest BCUT2D eigenvalue weighted by atomic mass is 35.5. The molecule has 0 fully saturated rings. The molecule has 3 aromatic rings. The lowest BCUT2D eigenvalue weighted by atomic mass is 10.1. The molecule has 9 nitrogen and oxygen atoms in total. The van der Waals surface area contributed by atoms with Crippen molar-refractivity contribution in [3.05, 3.63) is 70.8 Å². The van der Waals surface area contributed by atoms with Crippen molar-refractivity contribution in [3.63, 3.8) is 0 Å². The van der Waals surface area contributed by atoms with Gasteiger partial charge < -0.3 is 14.5 Å². The zero-order valence-electron chi connectivity index (χ0n) is 17.6. The van der Waals surface area contributed by atoms with E-state index in [1.807, 2.05) is 6.92 Å². The van der Waals surface area contributed by atoms with Gasteiger partial charge in [-0.15, -0.1) is 0 Å². The Morgan fingerprint density at radius 1 is 1.09 bits per heavy atom. The van der Waals surface area contributed by atoms with Gasteiger partial charge in [-0.2, -0.15) is 17.8 Å². The SMILES string of the molecule is CCc1ncnc(N(CCc2ccc(Oc3ccc(C(F)(F)F)cn3)cc2)OP(=O)(O)O)c1Cl. The van der Waals surface area contributed by atoms with E-state index in [1.54, 1.807) is 24.3 Å². The van der Waals surface area contributed by atoms with Crippen LogP contribution in [0.15, 0.2) is 48.9 Å². The summed E-state index contributed by atoms with van der Waals surface area (Å²) in [6.45, 7) is 1.81. The standard InChI is InChI=1S/C20H19ClF3N4O5P/c1-2-16-18(21)19(27-12-26-16)28(33-34(29,30)31)10-9-13-3-6-15(7-4-13)32-17-8-5-14(11-25-17)20(22,23)24/h3-8,11-12H,2,9-10H2,1H3,(H2,29,30,31). The first-order valence-electron chi connectivity index (χ1n) is 9.78. The lowest BCUT2D eigenvalue weighted by molar-refractivity contribution is -0.137. The number of hydrogen-bond donors (Lipinski definition) is 2. The molecule has 0 unspecified atom stereocenters. The van der Waals surface area contributed by atoms with Crippen LogP contribution in [0.1, 0.15) is 23.7 Å². The van der Waals surface area contributed by atoms with Gasteiger partial charge in [-0.05, 0) is 36.6 Å². The number of ether oxygens (including phenoxy) is 1. The molecular weight excluding hydrogens is 500 g/mol. The van der Waals surface area contributed by atoms with Crippen LogP contribution in [0.3, 0.4) is 0 Å². The first-order valence-corrected chi connectivity index (χ1v) is 11.7. The molecule has 0 aliphatic rings. The molecule has 0 atom stereocenters. The molecule has 2 N–H and O–H groups in total. The molecule has 3 rings (SSSR count). The van der Waals surface area contributed by atoms with Gasteiger partial charge in [0.2, 0.25) is 5.88 Å². The van der Waals surface area contributed by atoms with E-state index in [-0.39, 0.29) is 29.7 Å². The molecule has 14 heteroatoms. The minimum Gasteiger partial charge on any atom is -0.439 e. The number of phosphoric acid groups is 1. The second-order valence-electron chi connectivity index (χ2n) is 6.86. The average Bonchev–Trinajstić information content (AvgIpc) is 2.77.